The lowest BCUT2D eigenvalue weighted by atomic mass is 10.0. The highest BCUT2D eigenvalue weighted by molar-refractivity contribution is 5.86. The standard InChI is InChI=1S/C24H22F2N4O2/c1-13-6-5-9-18(32-12-19(27)31)20(13)22-24(28-21-14(2)7-4-8-15(21)3)30-11-16(25)10-17(26)23(30)29-22/h4-11,28H,12H2,1-3H3,(H2,27,31). The third kappa shape index (κ3) is 3.87. The molecule has 0 unspecified atom stereocenters. The first kappa shape index (κ1) is 21.3. The topological polar surface area (TPSA) is 81.6 Å². The Hall–Kier alpha value is -3.94. The number of fused-ring (bicyclic) bond motifs is 1. The molecule has 164 valence electrons. The molecule has 0 saturated heterocycles. The molecule has 2 heterocycles. The van der Waals surface area contributed by atoms with E-state index in [1.807, 2.05) is 45.0 Å². The molecular weight excluding hydrogens is 414 g/mol. The van der Waals surface area contributed by atoms with Crippen molar-refractivity contribution in [3.8, 4) is 17.0 Å². The van der Waals surface area contributed by atoms with Gasteiger partial charge in [-0.3, -0.25) is 9.20 Å². The molecule has 4 aromatic rings. The fourth-order valence-corrected chi connectivity index (χ4v) is 3.71. The molecule has 4 rings (SSSR count). The number of amides is 1. The fourth-order valence-electron chi connectivity index (χ4n) is 3.71. The Bertz CT molecular complexity index is 1330. The summed E-state index contributed by atoms with van der Waals surface area (Å²) in [5, 5.41) is 3.32. The molecule has 0 aliphatic carbocycles. The Labute approximate surface area is 183 Å². The van der Waals surface area contributed by atoms with Crippen LogP contribution in [0.3, 0.4) is 0 Å². The molecular formula is C24H22F2N4O2. The Balaban J connectivity index is 2.00. The third-order valence-corrected chi connectivity index (χ3v) is 5.21. The fraction of sp³-hybridized carbons (Fsp3) is 0.167. The largest absolute Gasteiger partial charge is 0.483 e. The second-order valence-electron chi connectivity index (χ2n) is 7.60. The van der Waals surface area contributed by atoms with E-state index in [0.717, 1.165) is 28.4 Å². The molecule has 2 aromatic heterocycles. The van der Waals surface area contributed by atoms with Gasteiger partial charge in [0.05, 0.1) is 0 Å². The number of rotatable bonds is 6. The maximum absolute atomic E-state index is 14.7. The van der Waals surface area contributed by atoms with E-state index in [1.54, 1.807) is 12.1 Å². The van der Waals surface area contributed by atoms with Crippen LogP contribution in [0.4, 0.5) is 20.3 Å². The van der Waals surface area contributed by atoms with Crippen LogP contribution in [0.25, 0.3) is 16.9 Å². The molecule has 8 heteroatoms. The molecule has 0 aliphatic rings. The number of nitrogens with zero attached hydrogens (tertiary/aromatic N) is 2. The molecule has 0 bridgehead atoms. The number of pyridine rings is 1. The lowest BCUT2D eigenvalue weighted by Gasteiger charge is -2.16. The minimum absolute atomic E-state index is 0.0424. The third-order valence-electron chi connectivity index (χ3n) is 5.21. The number of benzene rings is 2. The quantitative estimate of drug-likeness (QED) is 0.454. The maximum Gasteiger partial charge on any atom is 0.255 e. The Morgan fingerprint density at radius 1 is 1.09 bits per heavy atom. The summed E-state index contributed by atoms with van der Waals surface area (Å²) in [4.78, 5) is 15.8. The predicted molar refractivity (Wildman–Crippen MR) is 119 cm³/mol. The van der Waals surface area contributed by atoms with E-state index < -0.39 is 17.5 Å². The van der Waals surface area contributed by atoms with E-state index >= 15 is 0 Å². The number of nitrogens with two attached hydrogens (primary N) is 1. The van der Waals surface area contributed by atoms with Crippen molar-refractivity contribution >= 4 is 23.1 Å². The first-order valence-corrected chi connectivity index (χ1v) is 9.97. The average Bonchev–Trinajstić information content (AvgIpc) is 3.07. The van der Waals surface area contributed by atoms with E-state index in [4.69, 9.17) is 10.5 Å². The normalized spacial score (nSPS) is 11.0. The van der Waals surface area contributed by atoms with Gasteiger partial charge in [-0.25, -0.2) is 13.8 Å². The number of primary amides is 1. The summed E-state index contributed by atoms with van der Waals surface area (Å²) >= 11 is 0. The minimum Gasteiger partial charge on any atom is -0.483 e. The molecule has 6 nitrogen and oxygen atoms in total. The van der Waals surface area contributed by atoms with E-state index in [9.17, 15) is 13.6 Å². The van der Waals surface area contributed by atoms with Gasteiger partial charge in [-0.15, -0.1) is 0 Å². The first-order chi connectivity index (χ1) is 15.3. The molecule has 2 aromatic carbocycles. The van der Waals surface area contributed by atoms with Crippen LogP contribution in [0.15, 0.2) is 48.7 Å². The summed E-state index contributed by atoms with van der Waals surface area (Å²) in [6.07, 6.45) is 1.17. The van der Waals surface area contributed by atoms with Crippen molar-refractivity contribution in [1.82, 2.24) is 9.38 Å². The summed E-state index contributed by atoms with van der Waals surface area (Å²) in [5.41, 5.74) is 9.59. The summed E-state index contributed by atoms with van der Waals surface area (Å²) in [7, 11) is 0. The first-order valence-electron chi connectivity index (χ1n) is 9.97. The lowest BCUT2D eigenvalue weighted by molar-refractivity contribution is -0.119. The molecule has 0 atom stereocenters. The molecule has 0 aliphatic heterocycles. The second-order valence-corrected chi connectivity index (χ2v) is 7.60. The van der Waals surface area contributed by atoms with Gasteiger partial charge in [-0.2, -0.15) is 0 Å². The van der Waals surface area contributed by atoms with Gasteiger partial charge in [0, 0.05) is 23.5 Å². The summed E-state index contributed by atoms with van der Waals surface area (Å²) in [5.74, 6) is -1.44. The zero-order valence-corrected chi connectivity index (χ0v) is 17.9. The van der Waals surface area contributed by atoms with E-state index in [0.29, 0.717) is 22.8 Å². The lowest BCUT2D eigenvalue weighted by Crippen LogP contribution is -2.20. The Kier molecular flexibility index (Phi) is 5.52. The molecule has 3 N–H and O–H groups in total. The monoisotopic (exact) mass is 436 g/mol. The van der Waals surface area contributed by atoms with E-state index in [1.165, 1.54) is 10.6 Å². The van der Waals surface area contributed by atoms with Crippen LogP contribution in [0.2, 0.25) is 0 Å². The van der Waals surface area contributed by atoms with E-state index in [2.05, 4.69) is 10.3 Å². The van der Waals surface area contributed by atoms with Crippen molar-refractivity contribution in [3.05, 3.63) is 77.0 Å². The van der Waals surface area contributed by atoms with Crippen molar-refractivity contribution in [1.29, 1.82) is 0 Å². The van der Waals surface area contributed by atoms with Crippen LogP contribution >= 0.6 is 0 Å². The van der Waals surface area contributed by atoms with Gasteiger partial charge >= 0.3 is 0 Å². The number of ether oxygens (including phenoxy) is 1. The highest BCUT2D eigenvalue weighted by Crippen LogP contribution is 2.40. The van der Waals surface area contributed by atoms with Gasteiger partial charge in [-0.1, -0.05) is 30.3 Å². The van der Waals surface area contributed by atoms with Crippen LogP contribution in [-0.2, 0) is 4.79 Å². The van der Waals surface area contributed by atoms with Crippen LogP contribution < -0.4 is 15.8 Å². The molecule has 0 spiro atoms. The molecule has 1 amide bonds. The number of halogens is 2. The van der Waals surface area contributed by atoms with Gasteiger partial charge in [0.15, 0.2) is 18.1 Å². The summed E-state index contributed by atoms with van der Waals surface area (Å²) < 4.78 is 35.8. The number of anilines is 2. The molecule has 0 fully saturated rings. The number of hydrogen-bond donors (Lipinski definition) is 2. The van der Waals surface area contributed by atoms with Crippen molar-refractivity contribution in [3.63, 3.8) is 0 Å². The number of carbonyl (C=O) groups excluding carboxylic acids is 1. The van der Waals surface area contributed by atoms with Crippen molar-refractivity contribution in [2.75, 3.05) is 11.9 Å². The number of para-hydroxylation sites is 1. The Morgan fingerprint density at radius 3 is 2.44 bits per heavy atom. The zero-order valence-electron chi connectivity index (χ0n) is 17.9. The van der Waals surface area contributed by atoms with Crippen LogP contribution in [0, 0.1) is 32.4 Å². The smallest absolute Gasteiger partial charge is 0.255 e. The maximum atomic E-state index is 14.7. The van der Waals surface area contributed by atoms with Crippen LogP contribution in [-0.4, -0.2) is 21.9 Å². The highest BCUT2D eigenvalue weighted by Gasteiger charge is 2.23. The van der Waals surface area contributed by atoms with E-state index in [-0.39, 0.29) is 12.3 Å². The highest BCUT2D eigenvalue weighted by atomic mass is 19.1. The molecule has 0 saturated carbocycles. The van der Waals surface area contributed by atoms with Crippen molar-refractivity contribution in [2.24, 2.45) is 5.73 Å². The summed E-state index contributed by atoms with van der Waals surface area (Å²) in [6, 6.07) is 11.9. The Morgan fingerprint density at radius 2 is 1.75 bits per heavy atom. The number of aromatic nitrogens is 2. The van der Waals surface area contributed by atoms with Crippen molar-refractivity contribution < 1.29 is 18.3 Å². The van der Waals surface area contributed by atoms with Gasteiger partial charge in [0.2, 0.25) is 0 Å². The van der Waals surface area contributed by atoms with Gasteiger partial charge in [-0.05, 0) is 43.5 Å². The van der Waals surface area contributed by atoms with Gasteiger partial charge in [0.1, 0.15) is 23.1 Å². The van der Waals surface area contributed by atoms with Crippen LogP contribution in [0.5, 0.6) is 5.75 Å². The number of imidazole rings is 1. The predicted octanol–water partition coefficient (Wildman–Crippen LogP) is 4.81. The molecule has 32 heavy (non-hydrogen) atoms. The summed E-state index contributed by atoms with van der Waals surface area (Å²) in [6.45, 7) is 5.39. The number of nitrogens with one attached hydrogen (secondary N) is 1. The minimum atomic E-state index is -0.797. The number of aryl methyl sites for hydroxylation is 3. The second kappa shape index (κ2) is 8.30. The van der Waals surface area contributed by atoms with Crippen LogP contribution in [0.1, 0.15) is 16.7 Å². The SMILES string of the molecule is Cc1cccc(C)c1Nc1c(-c2c(C)cccc2OCC(N)=O)nc2c(F)cc(F)cn12. The van der Waals surface area contributed by atoms with Gasteiger partial charge in [0.25, 0.3) is 5.91 Å². The average molecular weight is 436 g/mol. The van der Waals surface area contributed by atoms with Crippen molar-refractivity contribution in [2.45, 2.75) is 20.8 Å². The molecule has 0 radical (unpaired) electrons. The number of hydrogen-bond acceptors (Lipinski definition) is 4. The van der Waals surface area contributed by atoms with Gasteiger partial charge < -0.3 is 15.8 Å². The zero-order chi connectivity index (χ0) is 23.0. The number of carbonyl (C=O) groups is 1.